The first-order chi connectivity index (χ1) is 9.08. The van der Waals surface area contributed by atoms with Gasteiger partial charge in [-0.3, -0.25) is 4.68 Å². The van der Waals surface area contributed by atoms with Crippen LogP contribution in [0.1, 0.15) is 20.3 Å². The zero-order valence-corrected chi connectivity index (χ0v) is 12.1. The number of aryl methyl sites for hydroxylation is 1. The van der Waals surface area contributed by atoms with Gasteiger partial charge in [0.1, 0.15) is 5.82 Å². The monoisotopic (exact) mass is 283 g/mol. The number of aromatic nitrogens is 4. The Kier molecular flexibility index (Phi) is 4.55. The third kappa shape index (κ3) is 3.54. The van der Waals surface area contributed by atoms with Gasteiger partial charge in [0.25, 0.3) is 0 Å². The quantitative estimate of drug-likeness (QED) is 0.651. The van der Waals surface area contributed by atoms with E-state index in [9.17, 15) is 0 Å². The Labute approximate surface area is 117 Å². The Morgan fingerprint density at radius 2 is 2.21 bits per heavy atom. The van der Waals surface area contributed by atoms with Gasteiger partial charge in [-0.2, -0.15) is 15.1 Å². The van der Waals surface area contributed by atoms with E-state index >= 15 is 0 Å². The van der Waals surface area contributed by atoms with E-state index in [4.69, 9.17) is 16.3 Å². The summed E-state index contributed by atoms with van der Waals surface area (Å²) < 4.78 is 7.16. The van der Waals surface area contributed by atoms with Crippen molar-refractivity contribution in [2.24, 2.45) is 7.05 Å². The van der Waals surface area contributed by atoms with Gasteiger partial charge in [-0.15, -0.1) is 0 Å². The minimum absolute atomic E-state index is 0.219. The van der Waals surface area contributed by atoms with E-state index in [1.54, 1.807) is 10.9 Å². The Morgan fingerprint density at radius 1 is 1.42 bits per heavy atom. The van der Waals surface area contributed by atoms with Crippen molar-refractivity contribution < 1.29 is 4.74 Å². The van der Waals surface area contributed by atoms with Crippen molar-refractivity contribution in [3.8, 4) is 0 Å². The summed E-state index contributed by atoms with van der Waals surface area (Å²) in [5, 5.41) is 8.49. The fraction of sp³-hybridized carbons (Fsp3) is 0.583. The molecule has 0 aromatic carbocycles. The zero-order chi connectivity index (χ0) is 13.8. The van der Waals surface area contributed by atoms with Crippen molar-refractivity contribution in [1.29, 1.82) is 0 Å². The normalized spacial score (nSPS) is 11.4. The minimum atomic E-state index is 0.219. The molecule has 0 fully saturated rings. The lowest BCUT2D eigenvalue weighted by molar-refractivity contribution is 0.0787. The molecule has 0 aliphatic carbocycles. The summed E-state index contributed by atoms with van der Waals surface area (Å²) in [6.45, 7) is 5.54. The molecule has 0 saturated carbocycles. The summed E-state index contributed by atoms with van der Waals surface area (Å²) in [6, 6.07) is 0. The number of nitrogens with one attached hydrogen (secondary N) is 1. The molecule has 0 amide bonds. The molecular weight excluding hydrogens is 266 g/mol. The molecular formula is C12H18ClN5O. The Bertz CT molecular complexity index is 554. The number of fused-ring (bicyclic) bond motifs is 1. The molecule has 0 atom stereocenters. The van der Waals surface area contributed by atoms with Crippen LogP contribution in [0, 0.1) is 0 Å². The number of anilines is 1. The lowest BCUT2D eigenvalue weighted by atomic mass is 10.3. The fourth-order valence-electron chi connectivity index (χ4n) is 1.73. The van der Waals surface area contributed by atoms with Crippen LogP contribution < -0.4 is 5.32 Å². The summed E-state index contributed by atoms with van der Waals surface area (Å²) in [6.07, 6.45) is 2.90. The van der Waals surface area contributed by atoms with Gasteiger partial charge in [0, 0.05) is 20.2 Å². The zero-order valence-electron chi connectivity index (χ0n) is 11.4. The number of ether oxygens (including phenoxy) is 1. The van der Waals surface area contributed by atoms with Gasteiger partial charge in [-0.1, -0.05) is 0 Å². The van der Waals surface area contributed by atoms with E-state index in [0.29, 0.717) is 5.82 Å². The fourth-order valence-corrected chi connectivity index (χ4v) is 1.89. The lowest BCUT2D eigenvalue weighted by Gasteiger charge is -2.09. The first-order valence-corrected chi connectivity index (χ1v) is 6.66. The molecule has 0 aliphatic heterocycles. The molecule has 2 aromatic heterocycles. The summed E-state index contributed by atoms with van der Waals surface area (Å²) >= 11 is 5.91. The van der Waals surface area contributed by atoms with E-state index in [-0.39, 0.29) is 11.4 Å². The molecule has 6 nitrogen and oxygen atoms in total. The van der Waals surface area contributed by atoms with Crippen LogP contribution in [0.2, 0.25) is 5.28 Å². The van der Waals surface area contributed by atoms with Gasteiger partial charge < -0.3 is 10.1 Å². The summed E-state index contributed by atoms with van der Waals surface area (Å²) in [5.74, 6) is 0.715. The topological polar surface area (TPSA) is 64.9 Å². The molecule has 2 rings (SSSR count). The number of hydrogen-bond donors (Lipinski definition) is 1. The highest BCUT2D eigenvalue weighted by Gasteiger charge is 2.09. The van der Waals surface area contributed by atoms with Crippen molar-refractivity contribution >= 4 is 28.5 Å². The van der Waals surface area contributed by atoms with Crippen LogP contribution in [0.25, 0.3) is 11.0 Å². The number of halogens is 1. The maximum Gasteiger partial charge on any atom is 0.226 e. The van der Waals surface area contributed by atoms with Crippen molar-refractivity contribution in [2.75, 3.05) is 18.5 Å². The molecule has 2 heterocycles. The standard InChI is InChI=1S/C12H18ClN5O/c1-8(2)19-6-4-5-14-10-9-7-15-18(3)11(9)17-12(13)16-10/h7-8H,4-6H2,1-3H3,(H,14,16,17). The first kappa shape index (κ1) is 14.0. The number of hydrogen-bond acceptors (Lipinski definition) is 5. The van der Waals surface area contributed by atoms with Crippen LogP contribution in [0.5, 0.6) is 0 Å². The van der Waals surface area contributed by atoms with E-state index < -0.39 is 0 Å². The molecule has 19 heavy (non-hydrogen) atoms. The highest BCUT2D eigenvalue weighted by Crippen LogP contribution is 2.21. The summed E-state index contributed by atoms with van der Waals surface area (Å²) in [7, 11) is 1.83. The number of nitrogens with zero attached hydrogens (tertiary/aromatic N) is 4. The highest BCUT2D eigenvalue weighted by atomic mass is 35.5. The largest absolute Gasteiger partial charge is 0.379 e. The molecule has 2 aromatic rings. The minimum Gasteiger partial charge on any atom is -0.379 e. The van der Waals surface area contributed by atoms with Crippen molar-refractivity contribution in [2.45, 2.75) is 26.4 Å². The smallest absolute Gasteiger partial charge is 0.226 e. The van der Waals surface area contributed by atoms with Crippen LogP contribution in [-0.2, 0) is 11.8 Å². The van der Waals surface area contributed by atoms with Crippen LogP contribution in [0.15, 0.2) is 6.20 Å². The second kappa shape index (κ2) is 6.16. The predicted molar refractivity (Wildman–Crippen MR) is 75.5 cm³/mol. The Morgan fingerprint density at radius 3 is 2.95 bits per heavy atom. The van der Waals surface area contributed by atoms with Gasteiger partial charge in [0.15, 0.2) is 5.65 Å². The summed E-state index contributed by atoms with van der Waals surface area (Å²) in [5.41, 5.74) is 0.723. The van der Waals surface area contributed by atoms with Gasteiger partial charge in [-0.05, 0) is 31.9 Å². The molecule has 7 heteroatoms. The second-order valence-corrected chi connectivity index (χ2v) is 4.88. The molecule has 0 spiro atoms. The molecule has 0 unspecified atom stereocenters. The maximum atomic E-state index is 5.91. The van der Waals surface area contributed by atoms with Gasteiger partial charge in [-0.25, -0.2) is 0 Å². The third-order valence-electron chi connectivity index (χ3n) is 2.63. The van der Waals surface area contributed by atoms with Crippen molar-refractivity contribution in [3.05, 3.63) is 11.5 Å². The average Bonchev–Trinajstić information content (AvgIpc) is 2.70. The summed E-state index contributed by atoms with van der Waals surface area (Å²) in [4.78, 5) is 8.35. The van der Waals surface area contributed by atoms with Gasteiger partial charge in [0.2, 0.25) is 5.28 Å². The molecule has 0 bridgehead atoms. The van der Waals surface area contributed by atoms with Crippen molar-refractivity contribution in [1.82, 2.24) is 19.7 Å². The van der Waals surface area contributed by atoms with Crippen LogP contribution in [-0.4, -0.2) is 39.0 Å². The molecule has 0 radical (unpaired) electrons. The van der Waals surface area contributed by atoms with Gasteiger partial charge in [0.05, 0.1) is 17.7 Å². The van der Waals surface area contributed by atoms with E-state index in [1.807, 2.05) is 20.9 Å². The average molecular weight is 284 g/mol. The SMILES string of the molecule is CC(C)OCCCNc1nc(Cl)nc2c1cnn2C. The van der Waals surface area contributed by atoms with Crippen LogP contribution >= 0.6 is 11.6 Å². The lowest BCUT2D eigenvalue weighted by Crippen LogP contribution is -2.10. The molecule has 104 valence electrons. The predicted octanol–water partition coefficient (Wildman–Crippen LogP) is 2.24. The second-order valence-electron chi connectivity index (χ2n) is 4.55. The molecule has 0 saturated heterocycles. The Hall–Kier alpha value is -1.40. The van der Waals surface area contributed by atoms with E-state index in [0.717, 1.165) is 30.6 Å². The molecule has 1 N–H and O–H groups in total. The highest BCUT2D eigenvalue weighted by molar-refractivity contribution is 6.28. The van der Waals surface area contributed by atoms with Crippen LogP contribution in [0.4, 0.5) is 5.82 Å². The first-order valence-electron chi connectivity index (χ1n) is 6.28. The van der Waals surface area contributed by atoms with Gasteiger partial charge >= 0.3 is 0 Å². The number of rotatable bonds is 6. The van der Waals surface area contributed by atoms with Crippen LogP contribution in [0.3, 0.4) is 0 Å². The van der Waals surface area contributed by atoms with E-state index in [1.165, 1.54) is 0 Å². The third-order valence-corrected chi connectivity index (χ3v) is 2.80. The Balaban J connectivity index is 2.00. The maximum absolute atomic E-state index is 5.91. The van der Waals surface area contributed by atoms with Crippen molar-refractivity contribution in [3.63, 3.8) is 0 Å². The van der Waals surface area contributed by atoms with E-state index in [2.05, 4.69) is 20.4 Å². The molecule has 0 aliphatic rings.